The monoisotopic (exact) mass is 235 g/mol. The maximum atomic E-state index is 13.2. The topological polar surface area (TPSA) is 33.0 Å². The van der Waals surface area contributed by atoms with Crippen molar-refractivity contribution in [1.29, 1.82) is 5.26 Å². The van der Waals surface area contributed by atoms with Crippen LogP contribution in [0.4, 0.5) is 8.78 Å². The van der Waals surface area contributed by atoms with Crippen molar-refractivity contribution < 1.29 is 13.5 Å². The first-order valence-corrected chi connectivity index (χ1v) is 5.53. The summed E-state index contributed by atoms with van der Waals surface area (Å²) in [5.41, 5.74) is -0.194. The molecule has 1 spiro atoms. The van der Waals surface area contributed by atoms with Crippen LogP contribution in [-0.4, -0.2) is 13.2 Å². The van der Waals surface area contributed by atoms with Gasteiger partial charge in [-0.2, -0.15) is 5.26 Å². The van der Waals surface area contributed by atoms with Gasteiger partial charge in [0.1, 0.15) is 11.6 Å². The van der Waals surface area contributed by atoms with Gasteiger partial charge in [0.05, 0.1) is 24.7 Å². The Morgan fingerprint density at radius 2 is 1.71 bits per heavy atom. The number of hydrogen-bond acceptors (Lipinski definition) is 2. The normalized spacial score (nSPS) is 23.6. The molecule has 1 aromatic rings. The number of nitrogens with zero attached hydrogens (tertiary/aromatic N) is 1. The maximum absolute atomic E-state index is 13.2. The molecule has 0 aromatic heterocycles. The number of halogens is 2. The second-order valence-corrected chi connectivity index (χ2v) is 5.20. The minimum absolute atomic E-state index is 0.0819. The minimum atomic E-state index is -0.729. The predicted molar refractivity (Wildman–Crippen MR) is 56.1 cm³/mol. The highest BCUT2D eigenvalue weighted by molar-refractivity contribution is 5.39. The van der Waals surface area contributed by atoms with Crippen LogP contribution in [0.5, 0.6) is 0 Å². The third-order valence-corrected chi connectivity index (χ3v) is 3.80. The molecule has 17 heavy (non-hydrogen) atoms. The van der Waals surface area contributed by atoms with Gasteiger partial charge < -0.3 is 4.74 Å². The fourth-order valence-electron chi connectivity index (χ4n) is 3.00. The van der Waals surface area contributed by atoms with Crippen molar-refractivity contribution in [2.75, 3.05) is 13.2 Å². The molecule has 1 aliphatic carbocycles. The lowest BCUT2D eigenvalue weighted by atomic mass is 9.50. The van der Waals surface area contributed by atoms with Gasteiger partial charge >= 0.3 is 0 Å². The van der Waals surface area contributed by atoms with Crippen LogP contribution in [0.1, 0.15) is 18.4 Å². The summed E-state index contributed by atoms with van der Waals surface area (Å²) in [6.45, 7) is 1.32. The summed E-state index contributed by atoms with van der Waals surface area (Å²) in [6.07, 6.45) is 1.28. The molecule has 1 saturated carbocycles. The van der Waals surface area contributed by atoms with Gasteiger partial charge in [-0.1, -0.05) is 0 Å². The van der Waals surface area contributed by atoms with Gasteiger partial charge in [-0.25, -0.2) is 8.78 Å². The molecule has 0 N–H and O–H groups in total. The lowest BCUT2D eigenvalue weighted by Gasteiger charge is -2.57. The molecule has 1 saturated heterocycles. The number of hydrogen-bond donors (Lipinski definition) is 0. The smallest absolute Gasteiger partial charge is 0.126 e. The van der Waals surface area contributed by atoms with E-state index in [0.29, 0.717) is 31.6 Å². The lowest BCUT2D eigenvalue weighted by Crippen LogP contribution is -2.59. The standard InChI is InChI=1S/C13H11F2NO/c14-10-1-9(2-11(15)3-10)13(6-16)4-12(5-13)7-17-8-12/h1-3H,4-5,7-8H2. The van der Waals surface area contributed by atoms with Crippen LogP contribution in [0, 0.1) is 28.4 Å². The molecule has 1 aromatic carbocycles. The van der Waals surface area contributed by atoms with E-state index in [1.54, 1.807) is 0 Å². The van der Waals surface area contributed by atoms with Crippen molar-refractivity contribution >= 4 is 0 Å². The molecular weight excluding hydrogens is 224 g/mol. The Bertz CT molecular complexity index is 488. The molecule has 1 heterocycles. The molecule has 0 bridgehead atoms. The molecule has 4 heteroatoms. The van der Waals surface area contributed by atoms with Crippen molar-refractivity contribution in [3.05, 3.63) is 35.4 Å². The van der Waals surface area contributed by atoms with Crippen molar-refractivity contribution in [2.24, 2.45) is 5.41 Å². The number of rotatable bonds is 1. The van der Waals surface area contributed by atoms with Crippen molar-refractivity contribution in [3.63, 3.8) is 0 Å². The summed E-state index contributed by atoms with van der Waals surface area (Å²) in [5.74, 6) is -1.25. The third-order valence-electron chi connectivity index (χ3n) is 3.80. The van der Waals surface area contributed by atoms with Gasteiger partial charge in [0.2, 0.25) is 0 Å². The van der Waals surface area contributed by atoms with Gasteiger partial charge in [0, 0.05) is 11.5 Å². The largest absolute Gasteiger partial charge is 0.380 e. The van der Waals surface area contributed by atoms with Gasteiger partial charge in [-0.3, -0.25) is 0 Å². The van der Waals surface area contributed by atoms with Crippen LogP contribution >= 0.6 is 0 Å². The van der Waals surface area contributed by atoms with Crippen LogP contribution in [0.2, 0.25) is 0 Å². The van der Waals surface area contributed by atoms with Gasteiger partial charge in [-0.15, -0.1) is 0 Å². The average molecular weight is 235 g/mol. The molecule has 2 fully saturated rings. The van der Waals surface area contributed by atoms with Gasteiger partial charge in [0.25, 0.3) is 0 Å². The van der Waals surface area contributed by atoms with Crippen molar-refractivity contribution in [3.8, 4) is 6.07 Å². The highest BCUT2D eigenvalue weighted by Gasteiger charge is 2.59. The lowest BCUT2D eigenvalue weighted by molar-refractivity contribution is -0.178. The first-order valence-electron chi connectivity index (χ1n) is 5.53. The van der Waals surface area contributed by atoms with E-state index in [2.05, 4.69) is 6.07 Å². The summed E-state index contributed by atoms with van der Waals surface area (Å²) >= 11 is 0. The van der Waals surface area contributed by atoms with Crippen LogP contribution in [-0.2, 0) is 10.2 Å². The molecule has 88 valence electrons. The van der Waals surface area contributed by atoms with Crippen LogP contribution in [0.25, 0.3) is 0 Å². The summed E-state index contributed by atoms with van der Waals surface area (Å²) < 4.78 is 31.5. The Labute approximate surface area is 97.8 Å². The third kappa shape index (κ3) is 1.46. The molecule has 2 aliphatic rings. The SMILES string of the molecule is N#CC1(c2cc(F)cc(F)c2)CC2(COC2)C1. The van der Waals surface area contributed by atoms with Gasteiger partial charge in [-0.05, 0) is 30.5 Å². The highest BCUT2D eigenvalue weighted by Crippen LogP contribution is 2.58. The molecular formula is C13H11F2NO. The van der Waals surface area contributed by atoms with Crippen molar-refractivity contribution in [1.82, 2.24) is 0 Å². The second-order valence-electron chi connectivity index (χ2n) is 5.20. The highest BCUT2D eigenvalue weighted by atomic mass is 19.1. The summed E-state index contributed by atoms with van der Waals surface area (Å²) in [4.78, 5) is 0. The van der Waals surface area contributed by atoms with E-state index in [1.807, 2.05) is 0 Å². The Morgan fingerprint density at radius 3 is 2.12 bits per heavy atom. The zero-order valence-electron chi connectivity index (χ0n) is 9.17. The van der Waals surface area contributed by atoms with Crippen LogP contribution in [0.15, 0.2) is 18.2 Å². The zero-order valence-corrected chi connectivity index (χ0v) is 9.17. The molecule has 1 aliphatic heterocycles. The van der Waals surface area contributed by atoms with E-state index < -0.39 is 17.0 Å². The molecule has 0 radical (unpaired) electrons. The Morgan fingerprint density at radius 1 is 1.12 bits per heavy atom. The number of benzene rings is 1. The Balaban J connectivity index is 1.94. The quantitative estimate of drug-likeness (QED) is 0.749. The molecule has 0 atom stereocenters. The maximum Gasteiger partial charge on any atom is 0.126 e. The van der Waals surface area contributed by atoms with E-state index in [-0.39, 0.29) is 5.41 Å². The van der Waals surface area contributed by atoms with Crippen LogP contribution in [0.3, 0.4) is 0 Å². The van der Waals surface area contributed by atoms with Crippen molar-refractivity contribution in [2.45, 2.75) is 18.3 Å². The number of nitriles is 1. The van der Waals surface area contributed by atoms with E-state index >= 15 is 0 Å². The van der Waals surface area contributed by atoms with E-state index in [9.17, 15) is 14.0 Å². The summed E-state index contributed by atoms with van der Waals surface area (Å²) in [6, 6.07) is 5.57. The zero-order chi connectivity index (χ0) is 12.1. The summed E-state index contributed by atoms with van der Waals surface area (Å²) in [5, 5.41) is 9.29. The average Bonchev–Trinajstić information content (AvgIpc) is 2.13. The Hall–Kier alpha value is -1.47. The van der Waals surface area contributed by atoms with E-state index in [4.69, 9.17) is 4.74 Å². The Kier molecular flexibility index (Phi) is 2.05. The molecule has 0 unspecified atom stereocenters. The van der Waals surface area contributed by atoms with Gasteiger partial charge in [0.15, 0.2) is 0 Å². The fraction of sp³-hybridized carbons (Fsp3) is 0.462. The molecule has 2 nitrogen and oxygen atoms in total. The predicted octanol–water partition coefficient (Wildman–Crippen LogP) is 2.54. The molecule has 3 rings (SSSR count). The fourth-order valence-corrected chi connectivity index (χ4v) is 3.00. The minimum Gasteiger partial charge on any atom is -0.380 e. The van der Waals surface area contributed by atoms with E-state index in [1.165, 1.54) is 12.1 Å². The molecule has 0 amide bonds. The first kappa shape index (κ1) is 10.7. The van der Waals surface area contributed by atoms with Crippen LogP contribution < -0.4 is 0 Å². The first-order chi connectivity index (χ1) is 8.07. The number of ether oxygens (including phenoxy) is 1. The van der Waals surface area contributed by atoms with E-state index in [0.717, 1.165) is 6.07 Å². The second kappa shape index (κ2) is 3.27. The summed E-state index contributed by atoms with van der Waals surface area (Å²) in [7, 11) is 0.